The molecule has 1 unspecified atom stereocenters. The number of imide groups is 1. The van der Waals surface area contributed by atoms with Gasteiger partial charge >= 0.3 is 0 Å². The molecular weight excluding hydrogens is 490 g/mol. The molecule has 3 aromatic rings. The van der Waals surface area contributed by atoms with Crippen LogP contribution >= 0.6 is 0 Å². The molecule has 0 fully saturated rings. The lowest BCUT2D eigenvalue weighted by Crippen LogP contribution is -2.54. The Morgan fingerprint density at radius 2 is 1.31 bits per heavy atom. The topological polar surface area (TPSA) is 86.8 Å². The molecule has 4 rings (SSSR count). The lowest BCUT2D eigenvalue weighted by Gasteiger charge is -2.34. The zero-order valence-electron chi connectivity index (χ0n) is 22.7. The quantitative estimate of drug-likeness (QED) is 0.392. The number of carbonyl (C=O) groups excluding carboxylic acids is 4. The van der Waals surface area contributed by atoms with Crippen molar-refractivity contribution in [2.75, 3.05) is 6.54 Å². The Hall–Kier alpha value is -4.26. The number of amides is 4. The van der Waals surface area contributed by atoms with Crippen LogP contribution in [0.2, 0.25) is 0 Å². The molecule has 0 spiro atoms. The van der Waals surface area contributed by atoms with E-state index in [1.54, 1.807) is 29.2 Å². The van der Waals surface area contributed by atoms with Gasteiger partial charge in [-0.05, 0) is 50.5 Å². The largest absolute Gasteiger partial charge is 0.350 e. The number of fused-ring (bicyclic) bond motifs is 1. The number of carbonyl (C=O) groups is 4. The zero-order chi connectivity index (χ0) is 28.0. The summed E-state index contributed by atoms with van der Waals surface area (Å²) in [4.78, 5) is 55.7. The second kappa shape index (κ2) is 12.1. The Labute approximate surface area is 229 Å². The number of nitrogens with zero attached hydrogens (tertiary/aromatic N) is 2. The van der Waals surface area contributed by atoms with E-state index in [4.69, 9.17) is 0 Å². The van der Waals surface area contributed by atoms with Gasteiger partial charge in [0.25, 0.3) is 11.8 Å². The minimum absolute atomic E-state index is 0.0916. The molecule has 0 saturated heterocycles. The van der Waals surface area contributed by atoms with E-state index in [2.05, 4.69) is 5.32 Å². The molecule has 1 atom stereocenters. The standard InChI is InChI=1S/C32H35N3O4/c1-32(2,3)33-29(37)27(21-23-13-6-4-7-14-23)35(22-24-15-8-5-9-16-24)28(36)19-12-20-34-30(38)25-17-10-11-18-26(25)31(34)39/h4-11,13-18,27H,12,19-22H2,1-3H3,(H,33,37). The van der Waals surface area contributed by atoms with E-state index in [-0.39, 0.29) is 43.1 Å². The van der Waals surface area contributed by atoms with Crippen molar-refractivity contribution in [3.63, 3.8) is 0 Å². The fraction of sp³-hybridized carbons (Fsp3) is 0.312. The highest BCUT2D eigenvalue weighted by Gasteiger charge is 2.36. The van der Waals surface area contributed by atoms with E-state index >= 15 is 0 Å². The monoisotopic (exact) mass is 525 g/mol. The first-order valence-corrected chi connectivity index (χ1v) is 13.3. The molecule has 7 nitrogen and oxygen atoms in total. The van der Waals surface area contributed by atoms with Crippen LogP contribution < -0.4 is 5.32 Å². The van der Waals surface area contributed by atoms with Gasteiger partial charge in [0.05, 0.1) is 11.1 Å². The summed E-state index contributed by atoms with van der Waals surface area (Å²) in [5, 5.41) is 3.05. The molecule has 3 aromatic carbocycles. The maximum absolute atomic E-state index is 13.8. The van der Waals surface area contributed by atoms with Gasteiger partial charge in [-0.1, -0.05) is 72.8 Å². The van der Waals surface area contributed by atoms with Crippen LogP contribution in [0.1, 0.15) is 65.5 Å². The Bertz CT molecular complexity index is 1300. The van der Waals surface area contributed by atoms with E-state index < -0.39 is 11.6 Å². The van der Waals surface area contributed by atoms with Gasteiger partial charge in [-0.15, -0.1) is 0 Å². The molecule has 1 aliphatic rings. The van der Waals surface area contributed by atoms with E-state index in [0.29, 0.717) is 24.0 Å². The molecule has 1 heterocycles. The summed E-state index contributed by atoms with van der Waals surface area (Å²) < 4.78 is 0. The van der Waals surface area contributed by atoms with E-state index in [1.165, 1.54) is 4.90 Å². The smallest absolute Gasteiger partial charge is 0.261 e. The molecule has 0 aromatic heterocycles. The van der Waals surface area contributed by atoms with Crippen molar-refractivity contribution < 1.29 is 19.2 Å². The minimum Gasteiger partial charge on any atom is -0.350 e. The van der Waals surface area contributed by atoms with Crippen molar-refractivity contribution in [3.05, 3.63) is 107 Å². The van der Waals surface area contributed by atoms with Crippen molar-refractivity contribution in [2.45, 2.75) is 58.2 Å². The lowest BCUT2D eigenvalue weighted by atomic mass is 10.00. The Balaban J connectivity index is 1.54. The van der Waals surface area contributed by atoms with Gasteiger partial charge in [0, 0.05) is 31.5 Å². The third kappa shape index (κ3) is 6.99. The fourth-order valence-corrected chi connectivity index (χ4v) is 4.76. The first kappa shape index (κ1) is 27.8. The van der Waals surface area contributed by atoms with Crippen LogP contribution in [0.25, 0.3) is 0 Å². The van der Waals surface area contributed by atoms with Crippen LogP contribution in [0, 0.1) is 0 Å². The maximum Gasteiger partial charge on any atom is 0.261 e. The molecule has 7 heteroatoms. The molecule has 0 radical (unpaired) electrons. The Morgan fingerprint density at radius 3 is 1.85 bits per heavy atom. The van der Waals surface area contributed by atoms with Gasteiger partial charge in [-0.25, -0.2) is 0 Å². The average molecular weight is 526 g/mol. The third-order valence-corrected chi connectivity index (χ3v) is 6.62. The summed E-state index contributed by atoms with van der Waals surface area (Å²) in [5.74, 6) is -1.11. The highest BCUT2D eigenvalue weighted by atomic mass is 16.2. The van der Waals surface area contributed by atoms with Crippen LogP contribution in [-0.2, 0) is 22.6 Å². The van der Waals surface area contributed by atoms with Gasteiger partial charge in [0.15, 0.2) is 0 Å². The Kier molecular flexibility index (Phi) is 8.59. The molecule has 1 N–H and O–H groups in total. The number of nitrogens with one attached hydrogen (secondary N) is 1. The summed E-state index contributed by atoms with van der Waals surface area (Å²) in [7, 11) is 0. The summed E-state index contributed by atoms with van der Waals surface area (Å²) >= 11 is 0. The van der Waals surface area contributed by atoms with Gasteiger partial charge in [0.2, 0.25) is 11.8 Å². The van der Waals surface area contributed by atoms with Crippen LogP contribution in [0.5, 0.6) is 0 Å². The highest BCUT2D eigenvalue weighted by Crippen LogP contribution is 2.23. The van der Waals surface area contributed by atoms with Crippen molar-refractivity contribution in [1.29, 1.82) is 0 Å². The number of hydrogen-bond acceptors (Lipinski definition) is 4. The normalized spacial score (nSPS) is 13.7. The SMILES string of the molecule is CC(C)(C)NC(=O)C(Cc1ccccc1)N(Cc1ccccc1)C(=O)CCCN1C(=O)c2ccccc2C1=O. The van der Waals surface area contributed by atoms with Crippen molar-refractivity contribution in [2.24, 2.45) is 0 Å². The fourth-order valence-electron chi connectivity index (χ4n) is 4.76. The summed E-state index contributed by atoms with van der Waals surface area (Å²) in [6, 6.07) is 25.2. The number of benzene rings is 3. The third-order valence-electron chi connectivity index (χ3n) is 6.62. The van der Waals surface area contributed by atoms with Gasteiger partial charge in [0.1, 0.15) is 6.04 Å². The predicted molar refractivity (Wildman–Crippen MR) is 150 cm³/mol. The minimum atomic E-state index is -0.737. The molecule has 1 aliphatic heterocycles. The van der Waals surface area contributed by atoms with Crippen molar-refractivity contribution in [1.82, 2.24) is 15.1 Å². The summed E-state index contributed by atoms with van der Waals surface area (Å²) in [6.45, 7) is 6.14. The molecule has 0 bridgehead atoms. The Morgan fingerprint density at radius 1 is 0.795 bits per heavy atom. The van der Waals surface area contributed by atoms with Gasteiger partial charge < -0.3 is 10.2 Å². The van der Waals surface area contributed by atoms with Crippen LogP contribution in [0.4, 0.5) is 0 Å². The van der Waals surface area contributed by atoms with E-state index in [1.807, 2.05) is 81.4 Å². The highest BCUT2D eigenvalue weighted by molar-refractivity contribution is 6.21. The lowest BCUT2D eigenvalue weighted by molar-refractivity contribution is -0.142. The van der Waals surface area contributed by atoms with E-state index in [0.717, 1.165) is 11.1 Å². The molecule has 0 saturated carbocycles. The number of hydrogen-bond donors (Lipinski definition) is 1. The second-order valence-electron chi connectivity index (χ2n) is 10.9. The average Bonchev–Trinajstić information content (AvgIpc) is 3.15. The molecule has 0 aliphatic carbocycles. The summed E-state index contributed by atoms with van der Waals surface area (Å²) in [5.41, 5.74) is 2.16. The van der Waals surface area contributed by atoms with Crippen molar-refractivity contribution in [3.8, 4) is 0 Å². The van der Waals surface area contributed by atoms with Crippen molar-refractivity contribution >= 4 is 23.6 Å². The van der Waals surface area contributed by atoms with Crippen LogP contribution in [0.3, 0.4) is 0 Å². The predicted octanol–water partition coefficient (Wildman–Crippen LogP) is 4.62. The molecule has 39 heavy (non-hydrogen) atoms. The molecule has 202 valence electrons. The molecule has 4 amide bonds. The first-order chi connectivity index (χ1) is 18.6. The molecular formula is C32H35N3O4. The van der Waals surface area contributed by atoms with Gasteiger partial charge in [-0.3, -0.25) is 24.1 Å². The zero-order valence-corrected chi connectivity index (χ0v) is 22.7. The van der Waals surface area contributed by atoms with E-state index in [9.17, 15) is 19.2 Å². The summed E-state index contributed by atoms with van der Waals surface area (Å²) in [6.07, 6.45) is 0.753. The van der Waals surface area contributed by atoms with Crippen LogP contribution in [-0.4, -0.2) is 51.6 Å². The maximum atomic E-state index is 13.8. The number of rotatable bonds is 10. The van der Waals surface area contributed by atoms with Crippen LogP contribution in [0.15, 0.2) is 84.9 Å². The first-order valence-electron chi connectivity index (χ1n) is 13.3. The van der Waals surface area contributed by atoms with Gasteiger partial charge in [-0.2, -0.15) is 0 Å². The second-order valence-corrected chi connectivity index (χ2v) is 10.9.